The van der Waals surface area contributed by atoms with E-state index in [0.717, 1.165) is 18.6 Å². The van der Waals surface area contributed by atoms with Crippen molar-refractivity contribution in [2.24, 2.45) is 5.41 Å². The highest BCUT2D eigenvalue weighted by Gasteiger charge is 2.42. The maximum absolute atomic E-state index is 11.6. The molecule has 1 aliphatic carbocycles. The molecule has 1 saturated carbocycles. The molecule has 3 nitrogen and oxygen atoms in total. The zero-order valence-corrected chi connectivity index (χ0v) is 10.5. The van der Waals surface area contributed by atoms with Crippen molar-refractivity contribution in [3.8, 4) is 0 Å². The fraction of sp³-hybridized carbons (Fsp3) is 0.909. The molecule has 0 aromatic carbocycles. The molecule has 0 spiro atoms. The maximum atomic E-state index is 11.6. The van der Waals surface area contributed by atoms with Gasteiger partial charge < -0.3 is 10.1 Å². The Hall–Kier alpha value is -0.220. The van der Waals surface area contributed by atoms with Gasteiger partial charge in [0.1, 0.15) is 0 Å². The molecule has 0 bridgehead atoms. The van der Waals surface area contributed by atoms with E-state index in [1.807, 2.05) is 13.8 Å². The SMILES string of the molecule is CCOC(C)CNC(=O)CC1(CS)CC1. The van der Waals surface area contributed by atoms with Gasteiger partial charge in [0.25, 0.3) is 0 Å². The molecular weight excluding hydrogens is 210 g/mol. The number of thiol groups is 1. The molecule has 0 radical (unpaired) electrons. The molecule has 1 N–H and O–H groups in total. The van der Waals surface area contributed by atoms with Crippen LogP contribution < -0.4 is 5.32 Å². The second-order valence-corrected chi connectivity index (χ2v) is 4.72. The average molecular weight is 231 g/mol. The normalized spacial score (nSPS) is 19.7. The number of rotatable bonds is 7. The van der Waals surface area contributed by atoms with E-state index in [4.69, 9.17) is 4.74 Å². The highest BCUT2D eigenvalue weighted by molar-refractivity contribution is 7.80. The first kappa shape index (κ1) is 12.8. The lowest BCUT2D eigenvalue weighted by molar-refractivity contribution is -0.122. The monoisotopic (exact) mass is 231 g/mol. The molecular formula is C11H21NO2S. The molecule has 1 unspecified atom stereocenters. The van der Waals surface area contributed by atoms with Crippen LogP contribution in [0.5, 0.6) is 0 Å². The van der Waals surface area contributed by atoms with Crippen molar-refractivity contribution in [2.75, 3.05) is 18.9 Å². The number of carbonyl (C=O) groups is 1. The van der Waals surface area contributed by atoms with Gasteiger partial charge in [0.05, 0.1) is 6.10 Å². The summed E-state index contributed by atoms with van der Waals surface area (Å²) in [5.41, 5.74) is 0.210. The zero-order valence-electron chi connectivity index (χ0n) is 9.58. The molecule has 0 aromatic heterocycles. The molecule has 1 atom stereocenters. The first-order valence-electron chi connectivity index (χ1n) is 5.61. The zero-order chi connectivity index (χ0) is 11.3. The van der Waals surface area contributed by atoms with E-state index in [1.54, 1.807) is 0 Å². The molecule has 1 rings (SSSR count). The number of ether oxygens (including phenoxy) is 1. The Balaban J connectivity index is 2.13. The average Bonchev–Trinajstić information content (AvgIpc) is 2.96. The summed E-state index contributed by atoms with van der Waals surface area (Å²) in [7, 11) is 0. The van der Waals surface area contributed by atoms with E-state index < -0.39 is 0 Å². The van der Waals surface area contributed by atoms with Gasteiger partial charge in [-0.3, -0.25) is 4.79 Å². The van der Waals surface area contributed by atoms with Gasteiger partial charge in [-0.1, -0.05) is 0 Å². The first-order valence-corrected chi connectivity index (χ1v) is 6.24. The predicted molar refractivity (Wildman–Crippen MR) is 64.2 cm³/mol. The Morgan fingerprint density at radius 2 is 2.27 bits per heavy atom. The standard InChI is InChI=1S/C11H21NO2S/c1-3-14-9(2)7-12-10(13)6-11(8-15)4-5-11/h9,15H,3-8H2,1-2H3,(H,12,13). The van der Waals surface area contributed by atoms with Crippen molar-refractivity contribution in [1.82, 2.24) is 5.32 Å². The second-order valence-electron chi connectivity index (χ2n) is 4.40. The van der Waals surface area contributed by atoms with Gasteiger partial charge in [-0.15, -0.1) is 0 Å². The lowest BCUT2D eigenvalue weighted by atomic mass is 10.1. The van der Waals surface area contributed by atoms with E-state index in [0.29, 0.717) is 19.6 Å². The molecule has 0 aliphatic heterocycles. The van der Waals surface area contributed by atoms with E-state index in [1.165, 1.54) is 0 Å². The van der Waals surface area contributed by atoms with Crippen LogP contribution in [-0.4, -0.2) is 30.9 Å². The summed E-state index contributed by atoms with van der Waals surface area (Å²) >= 11 is 4.28. The van der Waals surface area contributed by atoms with Gasteiger partial charge in [0.15, 0.2) is 0 Å². The summed E-state index contributed by atoms with van der Waals surface area (Å²) < 4.78 is 5.33. The van der Waals surface area contributed by atoms with Crippen molar-refractivity contribution in [1.29, 1.82) is 0 Å². The molecule has 1 amide bonds. The van der Waals surface area contributed by atoms with Crippen LogP contribution in [0.15, 0.2) is 0 Å². The van der Waals surface area contributed by atoms with Crippen LogP contribution in [0.2, 0.25) is 0 Å². The number of amides is 1. The Labute approximate surface area is 97.4 Å². The fourth-order valence-corrected chi connectivity index (χ4v) is 2.00. The third kappa shape index (κ3) is 4.43. The summed E-state index contributed by atoms with van der Waals surface area (Å²) in [5, 5.41) is 2.90. The minimum absolute atomic E-state index is 0.102. The van der Waals surface area contributed by atoms with E-state index in [2.05, 4.69) is 17.9 Å². The summed E-state index contributed by atoms with van der Waals surface area (Å²) in [6.45, 7) is 5.22. The summed E-state index contributed by atoms with van der Waals surface area (Å²) in [6.07, 6.45) is 3.01. The number of hydrogen-bond donors (Lipinski definition) is 2. The Morgan fingerprint density at radius 3 is 2.73 bits per heavy atom. The highest BCUT2D eigenvalue weighted by Crippen LogP contribution is 2.49. The first-order chi connectivity index (χ1) is 7.12. The van der Waals surface area contributed by atoms with Crippen molar-refractivity contribution >= 4 is 18.5 Å². The minimum atomic E-state index is 0.102. The Morgan fingerprint density at radius 1 is 1.60 bits per heavy atom. The number of carbonyl (C=O) groups excluding carboxylic acids is 1. The maximum Gasteiger partial charge on any atom is 0.220 e. The molecule has 0 saturated heterocycles. The van der Waals surface area contributed by atoms with Crippen molar-refractivity contribution in [3.63, 3.8) is 0 Å². The summed E-state index contributed by atoms with van der Waals surface area (Å²) in [6, 6.07) is 0. The van der Waals surface area contributed by atoms with Gasteiger partial charge in [-0.25, -0.2) is 0 Å². The molecule has 1 aliphatic rings. The van der Waals surface area contributed by atoms with Gasteiger partial charge in [0, 0.05) is 19.6 Å². The third-order valence-corrected chi connectivity index (χ3v) is 3.54. The van der Waals surface area contributed by atoms with Gasteiger partial charge in [-0.2, -0.15) is 12.6 Å². The predicted octanol–water partition coefficient (Wildman–Crippen LogP) is 1.63. The van der Waals surface area contributed by atoms with Crippen molar-refractivity contribution in [2.45, 2.75) is 39.2 Å². The van der Waals surface area contributed by atoms with Crippen LogP contribution in [0.1, 0.15) is 33.1 Å². The topological polar surface area (TPSA) is 38.3 Å². The third-order valence-electron chi connectivity index (χ3n) is 2.87. The van der Waals surface area contributed by atoms with Crippen molar-refractivity contribution < 1.29 is 9.53 Å². The van der Waals surface area contributed by atoms with Crippen molar-refractivity contribution in [3.05, 3.63) is 0 Å². The summed E-state index contributed by atoms with van der Waals surface area (Å²) in [5.74, 6) is 0.953. The molecule has 0 aromatic rings. The number of nitrogens with one attached hydrogen (secondary N) is 1. The highest BCUT2D eigenvalue weighted by atomic mass is 32.1. The van der Waals surface area contributed by atoms with E-state index in [-0.39, 0.29) is 17.4 Å². The van der Waals surface area contributed by atoms with Crippen LogP contribution in [0, 0.1) is 5.41 Å². The lowest BCUT2D eigenvalue weighted by Crippen LogP contribution is -2.33. The van der Waals surface area contributed by atoms with Gasteiger partial charge in [0.2, 0.25) is 5.91 Å². The molecule has 1 fully saturated rings. The van der Waals surface area contributed by atoms with Crippen LogP contribution >= 0.6 is 12.6 Å². The molecule has 4 heteroatoms. The van der Waals surface area contributed by atoms with Crippen LogP contribution in [0.3, 0.4) is 0 Å². The van der Waals surface area contributed by atoms with Crippen LogP contribution in [0.4, 0.5) is 0 Å². The fourth-order valence-electron chi connectivity index (χ4n) is 1.57. The number of hydrogen-bond acceptors (Lipinski definition) is 3. The van der Waals surface area contributed by atoms with E-state index >= 15 is 0 Å². The lowest BCUT2D eigenvalue weighted by Gasteiger charge is -2.15. The Kier molecular flexibility index (Phi) is 4.93. The van der Waals surface area contributed by atoms with Gasteiger partial charge in [-0.05, 0) is 37.9 Å². The smallest absolute Gasteiger partial charge is 0.220 e. The largest absolute Gasteiger partial charge is 0.377 e. The van der Waals surface area contributed by atoms with E-state index in [9.17, 15) is 4.79 Å². The minimum Gasteiger partial charge on any atom is -0.377 e. The quantitative estimate of drug-likeness (QED) is 0.654. The van der Waals surface area contributed by atoms with Crippen LogP contribution in [-0.2, 0) is 9.53 Å². The van der Waals surface area contributed by atoms with Gasteiger partial charge >= 0.3 is 0 Å². The molecule has 88 valence electrons. The Bertz CT molecular complexity index is 217. The molecule has 15 heavy (non-hydrogen) atoms. The summed E-state index contributed by atoms with van der Waals surface area (Å²) in [4.78, 5) is 11.6. The van der Waals surface area contributed by atoms with Crippen LogP contribution in [0.25, 0.3) is 0 Å². The second kappa shape index (κ2) is 5.75. The molecule has 0 heterocycles.